The quantitative estimate of drug-likeness (QED) is 0.0395. The SMILES string of the molecule is CC(=O)Nc1ccc(C(=O)Nc2nc(C)nc(-c3cccnc3)n2)c(Cl)c1.CC(=O)Nc1ccc(C(=O)Nc2nc(C)nc(-c3ccncc3)n2)c(Cl)c1.CCC(=O)Nc1ccc(C(=O)Nc2nc(C)nc(-c3ccccn3)n2)c(Cl)c1.Cc1nc(NC(=O)c2ccc(NC(=O)c3ccccc3)cc2Cl)nc(-c2ccccn2)n1. The summed E-state index contributed by atoms with van der Waals surface area (Å²) in [6, 6.07) is 45.1. The molecule has 0 fully saturated rings. The monoisotopic (exact) mass is 1600 g/mol. The fourth-order valence-corrected chi connectivity index (χ4v) is 10.9. The molecule has 0 aliphatic carbocycles. The number of hydrogen-bond acceptors (Lipinski definition) is 24. The summed E-state index contributed by atoms with van der Waals surface area (Å²) < 4.78 is 0. The molecular formula is C78H64Cl4N24O8. The number of hydrogen-bond donors (Lipinski definition) is 8. The number of aromatic nitrogens is 16. The Hall–Kier alpha value is -14.3. The van der Waals surface area contributed by atoms with E-state index in [0.717, 1.165) is 5.56 Å². The maximum absolute atomic E-state index is 12.8. The molecule has 5 aromatic carbocycles. The Morgan fingerprint density at radius 2 is 0.675 bits per heavy atom. The zero-order valence-corrected chi connectivity index (χ0v) is 64.2. The first-order chi connectivity index (χ1) is 54.8. The molecule has 0 aliphatic heterocycles. The number of rotatable bonds is 18. The van der Waals surface area contributed by atoms with Crippen LogP contribution in [0.4, 0.5) is 46.5 Å². The number of halogens is 4. The van der Waals surface area contributed by atoms with Gasteiger partial charge in [-0.15, -0.1) is 0 Å². The number of benzene rings is 5. The molecule has 13 rings (SSSR count). The van der Waals surface area contributed by atoms with Crippen molar-refractivity contribution in [1.29, 1.82) is 0 Å². The minimum absolute atomic E-state index is 0.0840. The first-order valence-corrected chi connectivity index (χ1v) is 35.5. The van der Waals surface area contributed by atoms with Gasteiger partial charge in [-0.1, -0.05) is 83.7 Å². The maximum Gasteiger partial charge on any atom is 0.259 e. The molecule has 0 saturated heterocycles. The van der Waals surface area contributed by atoms with E-state index in [0.29, 0.717) is 98.3 Å². The summed E-state index contributed by atoms with van der Waals surface area (Å²) >= 11 is 24.8. The van der Waals surface area contributed by atoms with Crippen molar-refractivity contribution in [2.24, 2.45) is 0 Å². The van der Waals surface area contributed by atoms with Crippen molar-refractivity contribution in [2.75, 3.05) is 42.5 Å². The van der Waals surface area contributed by atoms with Crippen molar-refractivity contribution in [3.05, 3.63) is 272 Å². The second-order valence-electron chi connectivity index (χ2n) is 23.7. The minimum atomic E-state index is -0.492. The van der Waals surface area contributed by atoms with Gasteiger partial charge < -0.3 is 21.3 Å². The third-order valence-corrected chi connectivity index (χ3v) is 16.2. The number of carbonyl (C=O) groups excluding carboxylic acids is 8. The highest BCUT2D eigenvalue weighted by molar-refractivity contribution is 6.36. The molecule has 0 atom stereocenters. The zero-order chi connectivity index (χ0) is 81.4. The molecule has 32 nitrogen and oxygen atoms in total. The molecule has 8 heterocycles. The molecule has 114 heavy (non-hydrogen) atoms. The summed E-state index contributed by atoms with van der Waals surface area (Å²) in [5, 5.41) is 21.9. The molecule has 0 saturated carbocycles. The fraction of sp³-hybridized carbons (Fsp3) is 0.103. The summed E-state index contributed by atoms with van der Waals surface area (Å²) in [6.45, 7) is 11.3. The third kappa shape index (κ3) is 23.8. The van der Waals surface area contributed by atoms with Crippen LogP contribution >= 0.6 is 46.4 Å². The Balaban J connectivity index is 0.000000161. The van der Waals surface area contributed by atoms with Crippen molar-refractivity contribution >= 4 is 140 Å². The van der Waals surface area contributed by atoms with E-state index < -0.39 is 23.6 Å². The van der Waals surface area contributed by atoms with Gasteiger partial charge in [0.15, 0.2) is 23.3 Å². The van der Waals surface area contributed by atoms with Gasteiger partial charge in [-0.25, -0.2) is 19.9 Å². The maximum atomic E-state index is 12.8. The molecule has 0 radical (unpaired) electrons. The molecule has 572 valence electrons. The lowest BCUT2D eigenvalue weighted by Gasteiger charge is -2.10. The van der Waals surface area contributed by atoms with E-state index in [1.807, 2.05) is 24.3 Å². The fourth-order valence-electron chi connectivity index (χ4n) is 9.86. The second-order valence-corrected chi connectivity index (χ2v) is 25.3. The topological polar surface area (TPSA) is 439 Å². The van der Waals surface area contributed by atoms with Gasteiger partial charge in [-0.2, -0.15) is 39.9 Å². The van der Waals surface area contributed by atoms with Crippen molar-refractivity contribution in [1.82, 2.24) is 79.7 Å². The lowest BCUT2D eigenvalue weighted by molar-refractivity contribution is -0.116. The van der Waals surface area contributed by atoms with E-state index >= 15 is 0 Å². The van der Waals surface area contributed by atoms with Crippen LogP contribution in [0, 0.1) is 27.7 Å². The highest BCUT2D eigenvalue weighted by Gasteiger charge is 2.21. The molecule has 0 bridgehead atoms. The van der Waals surface area contributed by atoms with Gasteiger partial charge in [0.1, 0.15) is 34.7 Å². The van der Waals surface area contributed by atoms with Crippen LogP contribution in [0.5, 0.6) is 0 Å². The largest absolute Gasteiger partial charge is 0.326 e. The highest BCUT2D eigenvalue weighted by atomic mass is 35.5. The van der Waals surface area contributed by atoms with Gasteiger partial charge in [0.2, 0.25) is 41.5 Å². The van der Waals surface area contributed by atoms with E-state index in [4.69, 9.17) is 46.4 Å². The lowest BCUT2D eigenvalue weighted by Crippen LogP contribution is -2.16. The van der Waals surface area contributed by atoms with Crippen molar-refractivity contribution in [2.45, 2.75) is 54.9 Å². The third-order valence-electron chi connectivity index (χ3n) is 14.9. The first-order valence-electron chi connectivity index (χ1n) is 34.0. The van der Waals surface area contributed by atoms with Gasteiger partial charge in [0.05, 0.1) is 42.3 Å². The molecule has 0 aliphatic rings. The van der Waals surface area contributed by atoms with Gasteiger partial charge in [-0.05, 0) is 161 Å². The molecule has 0 unspecified atom stereocenters. The predicted molar refractivity (Wildman–Crippen MR) is 431 cm³/mol. The number of pyridine rings is 4. The molecule has 8 amide bonds. The summed E-state index contributed by atoms with van der Waals surface area (Å²) in [4.78, 5) is 163. The number of nitrogens with zero attached hydrogens (tertiary/aromatic N) is 16. The molecule has 0 spiro atoms. The minimum Gasteiger partial charge on any atom is -0.326 e. The number of nitrogens with one attached hydrogen (secondary N) is 8. The van der Waals surface area contributed by atoms with Crippen LogP contribution in [0.2, 0.25) is 20.1 Å². The van der Waals surface area contributed by atoms with E-state index in [1.54, 1.807) is 163 Å². The van der Waals surface area contributed by atoms with Crippen LogP contribution in [0.1, 0.15) is 102 Å². The standard InChI is InChI=1S/C23H17ClN6O2.C19H17ClN6O2.2C18H15ClN6O2/c1-14-26-20(19-9-5-6-12-25-19)29-23(27-14)30-22(32)17-11-10-16(13-18(17)24)28-21(31)15-7-3-2-4-8-15;1-3-16(27)24-12-7-8-13(14(20)10-12)18(28)26-19-23-11(2)22-17(25-19)15-6-4-5-9-21-15;1-10-21-16(12-5-7-20-8-6-12)24-18(22-10)25-17(27)14-4-3-13(9-15(14)19)23-11(2)26;1-10-21-16(12-4-3-7-20-9-12)24-18(22-10)25-17(27)14-6-5-13(8-15(14)19)23-11(2)26/h2-13H,1H3,(H,28,31)(H,26,27,29,30,32);4-10H,3H2,1-2H3,(H,24,27)(H,22,23,25,26,28);2*3-9H,1-2H3,(H,23,26)(H,21,22,24,25,27). The second kappa shape index (κ2) is 39.3. The summed E-state index contributed by atoms with van der Waals surface area (Å²) in [5.74, 6) is 0.907. The van der Waals surface area contributed by atoms with Gasteiger partial charge >= 0.3 is 0 Å². The smallest absolute Gasteiger partial charge is 0.259 e. The summed E-state index contributed by atoms with van der Waals surface area (Å²) in [6.07, 6.45) is 10.1. The number of anilines is 8. The van der Waals surface area contributed by atoms with E-state index in [1.165, 1.54) is 62.4 Å². The van der Waals surface area contributed by atoms with Gasteiger partial charge in [0.25, 0.3) is 29.5 Å². The van der Waals surface area contributed by atoms with Crippen molar-refractivity contribution in [3.63, 3.8) is 0 Å². The summed E-state index contributed by atoms with van der Waals surface area (Å²) in [5.41, 5.74) is 5.98. The van der Waals surface area contributed by atoms with Crippen LogP contribution in [0.3, 0.4) is 0 Å². The van der Waals surface area contributed by atoms with Crippen LogP contribution in [-0.4, -0.2) is 127 Å². The number of amides is 8. The van der Waals surface area contributed by atoms with Crippen molar-refractivity contribution in [3.8, 4) is 45.8 Å². The number of aryl methyl sites for hydroxylation is 4. The van der Waals surface area contributed by atoms with Crippen LogP contribution in [-0.2, 0) is 14.4 Å². The van der Waals surface area contributed by atoms with Crippen LogP contribution in [0.25, 0.3) is 45.8 Å². The van der Waals surface area contributed by atoms with Crippen molar-refractivity contribution < 1.29 is 38.4 Å². The van der Waals surface area contributed by atoms with Gasteiger partial charge in [0, 0.05) is 96.9 Å². The first kappa shape index (κ1) is 82.2. The Kier molecular flexibility index (Phi) is 28.4. The molecule has 8 N–H and O–H groups in total. The number of carbonyl (C=O) groups is 8. The average Bonchev–Trinajstić information content (AvgIpc) is 0.841. The zero-order valence-electron chi connectivity index (χ0n) is 61.2. The Labute approximate surface area is 669 Å². The Morgan fingerprint density at radius 1 is 0.316 bits per heavy atom. The molecular weight excluding hydrogens is 1540 g/mol. The summed E-state index contributed by atoms with van der Waals surface area (Å²) in [7, 11) is 0. The Bertz CT molecular complexity index is 5560. The molecule has 8 aromatic heterocycles. The predicted octanol–water partition coefficient (Wildman–Crippen LogP) is 14.1. The molecule has 36 heteroatoms. The van der Waals surface area contributed by atoms with Crippen LogP contribution in [0.15, 0.2) is 201 Å². The van der Waals surface area contributed by atoms with E-state index in [-0.39, 0.29) is 89.8 Å². The van der Waals surface area contributed by atoms with Crippen LogP contribution < -0.4 is 42.5 Å². The van der Waals surface area contributed by atoms with E-state index in [2.05, 4.69) is 122 Å². The Morgan fingerprint density at radius 3 is 1.03 bits per heavy atom. The average molecular weight is 1610 g/mol. The molecule has 13 aromatic rings. The normalized spacial score (nSPS) is 10.4. The lowest BCUT2D eigenvalue weighted by atomic mass is 10.1. The highest BCUT2D eigenvalue weighted by Crippen LogP contribution is 2.28. The van der Waals surface area contributed by atoms with E-state index in [9.17, 15) is 38.4 Å². The van der Waals surface area contributed by atoms with Gasteiger partial charge in [-0.3, -0.25) is 79.6 Å².